The Morgan fingerprint density at radius 1 is 1.59 bits per heavy atom. The predicted molar refractivity (Wildman–Crippen MR) is 61.0 cm³/mol. The van der Waals surface area contributed by atoms with Gasteiger partial charge in [0.1, 0.15) is 5.60 Å². The van der Waals surface area contributed by atoms with Gasteiger partial charge in [-0.2, -0.15) is 5.10 Å². The van der Waals surface area contributed by atoms with Crippen molar-refractivity contribution in [2.75, 3.05) is 6.54 Å². The number of hydrogen-bond acceptors (Lipinski definition) is 3. The molecule has 0 aromatic carbocycles. The van der Waals surface area contributed by atoms with E-state index in [-0.39, 0.29) is 6.54 Å². The number of halogens is 1. The van der Waals surface area contributed by atoms with Gasteiger partial charge < -0.3 is 10.4 Å². The summed E-state index contributed by atoms with van der Waals surface area (Å²) in [5.74, 6) is -0.748. The maximum Gasteiger partial charge on any atom is 0.257 e. The Balaban J connectivity index is 2.65. The summed E-state index contributed by atoms with van der Waals surface area (Å²) in [5, 5.41) is 16.4. The van der Waals surface area contributed by atoms with Crippen LogP contribution in [0.4, 0.5) is 4.39 Å². The third-order valence-electron chi connectivity index (χ3n) is 2.46. The van der Waals surface area contributed by atoms with Gasteiger partial charge in [-0.15, -0.1) is 0 Å². The molecule has 0 spiro atoms. The lowest BCUT2D eigenvalue weighted by Crippen LogP contribution is -2.45. The van der Waals surface area contributed by atoms with E-state index in [0.29, 0.717) is 5.56 Å². The summed E-state index contributed by atoms with van der Waals surface area (Å²) in [6, 6.07) is 0. The zero-order valence-corrected chi connectivity index (χ0v) is 10.5. The Labute approximate surface area is 99.6 Å². The van der Waals surface area contributed by atoms with Crippen LogP contribution in [-0.4, -0.2) is 33.0 Å². The van der Waals surface area contributed by atoms with Crippen LogP contribution >= 0.6 is 0 Å². The van der Waals surface area contributed by atoms with Crippen LogP contribution < -0.4 is 5.32 Å². The molecule has 0 fully saturated rings. The van der Waals surface area contributed by atoms with Crippen LogP contribution in [0.3, 0.4) is 0 Å². The number of aliphatic hydroxyl groups is 1. The van der Waals surface area contributed by atoms with Crippen molar-refractivity contribution in [3.8, 4) is 0 Å². The van der Waals surface area contributed by atoms with Gasteiger partial charge >= 0.3 is 0 Å². The number of rotatable bonds is 4. The number of nitrogens with one attached hydrogen (secondary N) is 1. The van der Waals surface area contributed by atoms with Crippen LogP contribution in [0, 0.1) is 0 Å². The highest BCUT2D eigenvalue weighted by molar-refractivity contribution is 5.84. The molecular formula is C11H18FN3O2. The van der Waals surface area contributed by atoms with Gasteiger partial charge in [0.05, 0.1) is 12.7 Å². The zero-order chi connectivity index (χ0) is 13.3. The summed E-state index contributed by atoms with van der Waals surface area (Å²) < 4.78 is 14.8. The van der Waals surface area contributed by atoms with E-state index in [4.69, 9.17) is 0 Å². The van der Waals surface area contributed by atoms with Gasteiger partial charge in [0.25, 0.3) is 5.91 Å². The van der Waals surface area contributed by atoms with Crippen molar-refractivity contribution >= 4 is 5.91 Å². The minimum Gasteiger partial charge on any atom is -0.383 e. The predicted octanol–water partition coefficient (Wildman–Crippen LogP) is 0.492. The van der Waals surface area contributed by atoms with E-state index in [9.17, 15) is 14.3 Å². The first-order valence-corrected chi connectivity index (χ1v) is 5.31. The molecular weight excluding hydrogens is 225 g/mol. The molecule has 1 aromatic heterocycles. The maximum absolute atomic E-state index is 13.3. The molecule has 0 radical (unpaired) electrons. The normalized spacial score (nSPS) is 15.4. The van der Waals surface area contributed by atoms with Gasteiger partial charge in [0.2, 0.25) is 0 Å². The van der Waals surface area contributed by atoms with Crippen molar-refractivity contribution < 1.29 is 14.3 Å². The van der Waals surface area contributed by atoms with Gasteiger partial charge in [-0.1, -0.05) is 0 Å². The van der Waals surface area contributed by atoms with Crippen LogP contribution in [0.25, 0.3) is 0 Å². The van der Waals surface area contributed by atoms with Crippen molar-refractivity contribution in [2.24, 2.45) is 7.05 Å². The highest BCUT2D eigenvalue weighted by Gasteiger charge is 2.30. The average molecular weight is 243 g/mol. The number of carbonyl (C=O) groups excluding carboxylic acids is 1. The van der Waals surface area contributed by atoms with Crippen molar-refractivity contribution in [3.05, 3.63) is 18.0 Å². The number of aromatic nitrogens is 2. The van der Waals surface area contributed by atoms with Gasteiger partial charge in [-0.25, -0.2) is 4.39 Å². The van der Waals surface area contributed by atoms with Gasteiger partial charge in [-0.05, 0) is 20.8 Å². The second kappa shape index (κ2) is 4.44. The standard InChI is InChI=1S/C11H18FN3O2/c1-10(2,12)9(16)13-7-11(3,17)8-5-14-15(4)6-8/h5-6,17H,7H2,1-4H3,(H,13,16). The van der Waals surface area contributed by atoms with E-state index in [1.165, 1.54) is 27.0 Å². The Morgan fingerprint density at radius 2 is 2.18 bits per heavy atom. The molecule has 1 heterocycles. The van der Waals surface area contributed by atoms with E-state index < -0.39 is 17.2 Å². The Hall–Kier alpha value is -1.43. The first-order chi connectivity index (χ1) is 7.63. The molecule has 0 saturated carbocycles. The van der Waals surface area contributed by atoms with E-state index in [1.807, 2.05) is 0 Å². The van der Waals surface area contributed by atoms with Crippen LogP contribution in [0.1, 0.15) is 26.3 Å². The summed E-state index contributed by atoms with van der Waals surface area (Å²) in [5.41, 5.74) is -2.66. The second-order valence-corrected chi connectivity index (χ2v) is 4.83. The van der Waals surface area contributed by atoms with Crippen LogP contribution in [0.15, 0.2) is 12.4 Å². The molecule has 1 amide bonds. The zero-order valence-electron chi connectivity index (χ0n) is 10.5. The highest BCUT2D eigenvalue weighted by Crippen LogP contribution is 2.19. The SMILES string of the molecule is Cn1cc(C(C)(O)CNC(=O)C(C)(C)F)cn1. The first-order valence-electron chi connectivity index (χ1n) is 5.31. The molecule has 1 rings (SSSR count). The lowest BCUT2D eigenvalue weighted by atomic mass is 9.99. The van der Waals surface area contributed by atoms with Crippen molar-refractivity contribution in [2.45, 2.75) is 32.0 Å². The van der Waals surface area contributed by atoms with Crippen LogP contribution in [-0.2, 0) is 17.4 Å². The Bertz CT molecular complexity index is 407. The van der Waals surface area contributed by atoms with E-state index >= 15 is 0 Å². The second-order valence-electron chi connectivity index (χ2n) is 4.83. The largest absolute Gasteiger partial charge is 0.383 e. The fourth-order valence-electron chi connectivity index (χ4n) is 1.26. The Kier molecular flexibility index (Phi) is 3.56. The van der Waals surface area contributed by atoms with Crippen molar-refractivity contribution in [3.63, 3.8) is 0 Å². The monoisotopic (exact) mass is 243 g/mol. The molecule has 0 aliphatic rings. The summed E-state index contributed by atoms with van der Waals surface area (Å²) in [4.78, 5) is 11.3. The minimum absolute atomic E-state index is 0.0646. The highest BCUT2D eigenvalue weighted by atomic mass is 19.1. The smallest absolute Gasteiger partial charge is 0.257 e. The molecule has 0 saturated heterocycles. The molecule has 96 valence electrons. The summed E-state index contributed by atoms with van der Waals surface area (Å²) in [6.45, 7) is 3.81. The van der Waals surface area contributed by atoms with Crippen LogP contribution in [0.5, 0.6) is 0 Å². The lowest BCUT2D eigenvalue weighted by Gasteiger charge is -2.24. The molecule has 5 nitrogen and oxygen atoms in total. The minimum atomic E-state index is -1.95. The number of carbonyl (C=O) groups is 1. The summed E-state index contributed by atoms with van der Waals surface area (Å²) >= 11 is 0. The summed E-state index contributed by atoms with van der Waals surface area (Å²) in [6.07, 6.45) is 3.15. The molecule has 0 aliphatic heterocycles. The number of hydrogen-bond donors (Lipinski definition) is 2. The molecule has 0 aliphatic carbocycles. The summed E-state index contributed by atoms with van der Waals surface area (Å²) in [7, 11) is 1.73. The Morgan fingerprint density at radius 3 is 2.59 bits per heavy atom. The average Bonchev–Trinajstić information content (AvgIpc) is 2.60. The maximum atomic E-state index is 13.3. The quantitative estimate of drug-likeness (QED) is 0.809. The van der Waals surface area contributed by atoms with Gasteiger partial charge in [-0.3, -0.25) is 9.48 Å². The molecule has 1 atom stereocenters. The lowest BCUT2D eigenvalue weighted by molar-refractivity contribution is -0.132. The van der Waals surface area contributed by atoms with E-state index in [2.05, 4.69) is 10.4 Å². The molecule has 1 unspecified atom stereocenters. The van der Waals surface area contributed by atoms with Gasteiger partial charge in [0, 0.05) is 18.8 Å². The van der Waals surface area contributed by atoms with Crippen LogP contribution in [0.2, 0.25) is 0 Å². The third-order valence-corrected chi connectivity index (χ3v) is 2.46. The number of amides is 1. The van der Waals surface area contributed by atoms with Crippen molar-refractivity contribution in [1.82, 2.24) is 15.1 Å². The number of alkyl halides is 1. The van der Waals surface area contributed by atoms with Crippen molar-refractivity contribution in [1.29, 1.82) is 0 Å². The third kappa shape index (κ3) is 3.52. The van der Waals surface area contributed by atoms with Gasteiger partial charge in [0.15, 0.2) is 5.67 Å². The fraction of sp³-hybridized carbons (Fsp3) is 0.636. The van der Waals surface area contributed by atoms with E-state index in [1.54, 1.807) is 17.9 Å². The molecule has 2 N–H and O–H groups in total. The fourth-order valence-corrected chi connectivity index (χ4v) is 1.26. The molecule has 0 bridgehead atoms. The first kappa shape index (κ1) is 13.6. The topological polar surface area (TPSA) is 67.2 Å². The number of nitrogens with zero attached hydrogens (tertiary/aromatic N) is 2. The number of aryl methyl sites for hydroxylation is 1. The molecule has 6 heteroatoms. The molecule has 17 heavy (non-hydrogen) atoms. The van der Waals surface area contributed by atoms with E-state index in [0.717, 1.165) is 0 Å². The molecule has 1 aromatic rings.